The van der Waals surface area contributed by atoms with E-state index in [1.165, 1.54) is 0 Å². The van der Waals surface area contributed by atoms with Crippen LogP contribution in [0.5, 0.6) is 0 Å². The van der Waals surface area contributed by atoms with Crippen molar-refractivity contribution in [3.05, 3.63) is 0 Å². The van der Waals surface area contributed by atoms with E-state index in [1.54, 1.807) is 0 Å². The molecule has 56 valence electrons. The maximum Gasteiger partial charge on any atom is 3.00 e. The summed E-state index contributed by atoms with van der Waals surface area (Å²) in [6, 6.07) is 0. The minimum Gasteiger partial charge on any atom is -0.870 e. The fourth-order valence-corrected chi connectivity index (χ4v) is 0. The molecule has 0 amide bonds. The van der Waals surface area contributed by atoms with E-state index in [4.69, 9.17) is 0 Å². The Morgan fingerprint density at radius 2 is 0.444 bits per heavy atom. The third kappa shape index (κ3) is 267. The molecule has 0 aromatic heterocycles. The normalized spacial score (nSPS) is 0. The van der Waals surface area contributed by atoms with Gasteiger partial charge in [0.1, 0.15) is 0 Å². The zero-order valence-electron chi connectivity index (χ0n) is 4.58. The van der Waals surface area contributed by atoms with Crippen LogP contribution in [0.25, 0.3) is 0 Å². The van der Waals surface area contributed by atoms with Gasteiger partial charge in [0.2, 0.25) is 0 Å². The molecule has 0 heterocycles. The molecule has 9 heteroatoms. The SMILES string of the molecule is [Al+3].[Li+].[Ni+2].[OH-].[OH-].[OH-].[OH-].[OH-].[OH-]. The largest absolute Gasteiger partial charge is 3.00 e. The van der Waals surface area contributed by atoms with Gasteiger partial charge in [0, 0.05) is 0 Å². The Kier molecular flexibility index (Phi) is 18300. The zero-order chi connectivity index (χ0) is 0. The van der Waals surface area contributed by atoms with Crippen LogP contribution in [0.4, 0.5) is 0 Å². The van der Waals surface area contributed by atoms with Crippen LogP contribution in [-0.2, 0) is 16.5 Å². The van der Waals surface area contributed by atoms with Crippen LogP contribution in [0.2, 0.25) is 0 Å². The topological polar surface area (TPSA) is 180 Å². The summed E-state index contributed by atoms with van der Waals surface area (Å²) in [6.45, 7) is 0. The van der Waals surface area contributed by atoms with Crippen molar-refractivity contribution in [3.63, 3.8) is 0 Å². The summed E-state index contributed by atoms with van der Waals surface area (Å²) in [6.07, 6.45) is 0. The first-order valence-corrected chi connectivity index (χ1v) is 0. The van der Waals surface area contributed by atoms with Gasteiger partial charge in [0.25, 0.3) is 0 Å². The third-order valence-corrected chi connectivity index (χ3v) is 0. The van der Waals surface area contributed by atoms with Crippen LogP contribution in [0.3, 0.4) is 0 Å². The molecule has 0 aliphatic heterocycles. The molecule has 9 heavy (non-hydrogen) atoms. The van der Waals surface area contributed by atoms with Crippen molar-refractivity contribution in [1.82, 2.24) is 0 Å². The molecule has 0 aromatic carbocycles. The fourth-order valence-electron chi connectivity index (χ4n) is 0. The van der Waals surface area contributed by atoms with Crippen LogP contribution in [-0.4, -0.2) is 50.2 Å². The molecular formula is H6AlLiNiO6. The van der Waals surface area contributed by atoms with Gasteiger partial charge in [-0.05, 0) is 0 Å². The van der Waals surface area contributed by atoms with Crippen LogP contribution < -0.4 is 18.9 Å². The van der Waals surface area contributed by atoms with Gasteiger partial charge in [-0.1, -0.05) is 0 Å². The van der Waals surface area contributed by atoms with Gasteiger partial charge in [-0.15, -0.1) is 0 Å². The molecule has 0 fully saturated rings. The maximum absolute atomic E-state index is 0. The first kappa shape index (κ1) is 478. The molecule has 0 bridgehead atoms. The van der Waals surface area contributed by atoms with Crippen molar-refractivity contribution in [2.75, 3.05) is 0 Å². The van der Waals surface area contributed by atoms with Crippen molar-refractivity contribution in [1.29, 1.82) is 0 Å². The summed E-state index contributed by atoms with van der Waals surface area (Å²) in [5, 5.41) is 0. The first-order valence-electron chi connectivity index (χ1n) is 0. The molecule has 0 atom stereocenters. The summed E-state index contributed by atoms with van der Waals surface area (Å²) in [5.41, 5.74) is 0. The summed E-state index contributed by atoms with van der Waals surface area (Å²) in [4.78, 5) is 0. The molecule has 0 aliphatic carbocycles. The van der Waals surface area contributed by atoms with Gasteiger partial charge in [-0.3, -0.25) is 0 Å². The predicted octanol–water partition coefficient (Wildman–Crippen LogP) is -4.44. The second-order valence-corrected chi connectivity index (χ2v) is 0. The van der Waals surface area contributed by atoms with E-state index in [1.807, 2.05) is 0 Å². The quantitative estimate of drug-likeness (QED) is 0.351. The first-order chi connectivity index (χ1) is 0. The van der Waals surface area contributed by atoms with Crippen molar-refractivity contribution in [3.8, 4) is 0 Å². The number of hydrogen-bond acceptors (Lipinski definition) is 6. The van der Waals surface area contributed by atoms with Crippen molar-refractivity contribution >= 4 is 17.4 Å². The van der Waals surface area contributed by atoms with Gasteiger partial charge in [0.15, 0.2) is 0 Å². The summed E-state index contributed by atoms with van der Waals surface area (Å²) < 4.78 is 0. The Hall–Kier alpha value is 1.38. The van der Waals surface area contributed by atoms with E-state index in [2.05, 4.69) is 0 Å². The van der Waals surface area contributed by atoms with Crippen molar-refractivity contribution < 1.29 is 68.2 Å². The maximum atomic E-state index is 0. The van der Waals surface area contributed by atoms with Gasteiger partial charge < -0.3 is 32.9 Å². The molecular weight excluding hydrogens is 189 g/mol. The number of hydrogen-bond donors (Lipinski definition) is 0. The van der Waals surface area contributed by atoms with Crippen molar-refractivity contribution in [2.45, 2.75) is 0 Å². The van der Waals surface area contributed by atoms with E-state index in [0.717, 1.165) is 0 Å². The molecule has 6 N–H and O–H groups in total. The van der Waals surface area contributed by atoms with Gasteiger partial charge in [0.05, 0.1) is 0 Å². The van der Waals surface area contributed by atoms with Crippen LogP contribution in [0.15, 0.2) is 0 Å². The molecule has 0 saturated heterocycles. The Bertz CT molecular complexity index is 13.0. The van der Waals surface area contributed by atoms with E-state index in [0.29, 0.717) is 0 Å². The Morgan fingerprint density at radius 1 is 0.444 bits per heavy atom. The summed E-state index contributed by atoms with van der Waals surface area (Å²) in [7, 11) is 0. The second-order valence-electron chi connectivity index (χ2n) is 0. The molecule has 0 spiro atoms. The van der Waals surface area contributed by atoms with Crippen LogP contribution in [0, 0.1) is 0 Å². The molecule has 0 rings (SSSR count). The third-order valence-electron chi connectivity index (χ3n) is 0. The Morgan fingerprint density at radius 3 is 0.444 bits per heavy atom. The predicted molar refractivity (Wildman–Crippen MR) is 17.4 cm³/mol. The molecule has 0 radical (unpaired) electrons. The van der Waals surface area contributed by atoms with Crippen molar-refractivity contribution in [2.24, 2.45) is 0 Å². The average Bonchev–Trinajstić information content (AvgIpc) is 0. The molecule has 6 nitrogen and oxygen atoms in total. The zero-order valence-corrected chi connectivity index (χ0v) is 6.72. The molecule has 0 saturated carbocycles. The van der Waals surface area contributed by atoms with E-state index in [9.17, 15) is 0 Å². The molecule has 0 aliphatic rings. The van der Waals surface area contributed by atoms with E-state index >= 15 is 0 Å². The van der Waals surface area contributed by atoms with E-state index < -0.39 is 0 Å². The van der Waals surface area contributed by atoms with Gasteiger partial charge in [-0.25, -0.2) is 0 Å². The van der Waals surface area contributed by atoms with Crippen LogP contribution >= 0.6 is 0 Å². The standard InChI is InChI=1S/Al.Li.Ni.6H2O/h;;;6*1H2/q+3;+1;+2;;;;;;/p-6. The summed E-state index contributed by atoms with van der Waals surface area (Å²) in [5.74, 6) is 0. The van der Waals surface area contributed by atoms with Gasteiger partial charge in [-0.2, -0.15) is 0 Å². The molecule has 0 aromatic rings. The minimum atomic E-state index is 0. The smallest absolute Gasteiger partial charge is 0.870 e. The monoisotopic (exact) mass is 194 g/mol. The fraction of sp³-hybridized carbons (Fsp3) is 0. The Labute approximate surface area is 85.5 Å². The van der Waals surface area contributed by atoms with Gasteiger partial charge >= 0.3 is 52.7 Å². The Balaban J connectivity index is 0. The number of rotatable bonds is 0. The molecule has 0 unspecified atom stereocenters. The average molecular weight is 195 g/mol. The van der Waals surface area contributed by atoms with E-state index in [-0.39, 0.29) is 85.6 Å². The van der Waals surface area contributed by atoms with Crippen LogP contribution in [0.1, 0.15) is 0 Å². The second kappa shape index (κ2) is 345. The summed E-state index contributed by atoms with van der Waals surface area (Å²) >= 11 is 0. The minimum absolute atomic E-state index is 0.